The third-order valence-electron chi connectivity index (χ3n) is 3.10. The SMILES string of the molecule is Cl.Cl.[CH2-]CC.[CH3-].[Si]=[Zr].c1ccc2[cH-]ccc2c1.c1ccc2[cH-]ccc2c1. The van der Waals surface area contributed by atoms with Crippen molar-refractivity contribution in [2.75, 3.05) is 0 Å². The van der Waals surface area contributed by atoms with Crippen LogP contribution in [0.1, 0.15) is 13.3 Å². The molecule has 0 saturated carbocycles. The van der Waals surface area contributed by atoms with Crippen molar-refractivity contribution in [3.8, 4) is 0 Å². The van der Waals surface area contributed by atoms with E-state index in [9.17, 15) is 0 Å². The maximum Gasteiger partial charge on any atom is -0.0809 e. The minimum atomic E-state index is 0. The van der Waals surface area contributed by atoms with E-state index in [4.69, 9.17) is 0 Å². The predicted octanol–water partition coefficient (Wildman–Crippen LogP) is 7.26. The smallest absolute Gasteiger partial charge is 0.0809 e. The minimum Gasteiger partial charge on any atom is -0.168 e. The van der Waals surface area contributed by atoms with E-state index in [0.717, 1.165) is 6.42 Å². The molecule has 140 valence electrons. The molecule has 4 aromatic rings. The molecular weight excluding hydrogens is 454 g/mol. The molecule has 0 N–H and O–H groups in total. The zero-order chi connectivity index (χ0) is 16.9. The molecule has 4 heteroatoms. The molecule has 2 radical (unpaired) electrons. The molecule has 0 aliphatic carbocycles. The van der Waals surface area contributed by atoms with Gasteiger partial charge in [0, 0.05) is 0 Å². The summed E-state index contributed by atoms with van der Waals surface area (Å²) >= 11 is 1.36. The second kappa shape index (κ2) is 19.1. The summed E-state index contributed by atoms with van der Waals surface area (Å²) in [6.07, 6.45) is 1.00. The van der Waals surface area contributed by atoms with Crippen LogP contribution in [0, 0.1) is 14.4 Å². The Bertz CT molecular complexity index is 666. The van der Waals surface area contributed by atoms with Gasteiger partial charge in [0.2, 0.25) is 0 Å². The summed E-state index contributed by atoms with van der Waals surface area (Å²) in [5.74, 6) is 0. The van der Waals surface area contributed by atoms with Gasteiger partial charge in [0.05, 0.1) is 0 Å². The number of hydrogen-bond donors (Lipinski definition) is 0. The van der Waals surface area contributed by atoms with Gasteiger partial charge in [-0.05, 0) is 0 Å². The van der Waals surface area contributed by atoms with Crippen LogP contribution in [0.15, 0.2) is 84.9 Å². The van der Waals surface area contributed by atoms with Crippen LogP contribution in [0.3, 0.4) is 0 Å². The zero-order valence-corrected chi connectivity index (χ0v) is 20.4. The molecule has 0 aromatic heterocycles. The van der Waals surface area contributed by atoms with Crippen molar-refractivity contribution in [1.82, 2.24) is 0 Å². The Hall–Kier alpha value is -0.660. The van der Waals surface area contributed by atoms with Crippen LogP contribution in [0.25, 0.3) is 21.5 Å². The summed E-state index contributed by atoms with van der Waals surface area (Å²) in [5.41, 5.74) is 0. The summed E-state index contributed by atoms with van der Waals surface area (Å²) < 4.78 is 0. The van der Waals surface area contributed by atoms with E-state index in [-0.39, 0.29) is 32.2 Å². The summed E-state index contributed by atoms with van der Waals surface area (Å²) in [7, 11) is 0. The second-order valence-corrected chi connectivity index (χ2v) is 4.81. The van der Waals surface area contributed by atoms with Gasteiger partial charge in [-0.15, -0.1) is 84.1 Å². The van der Waals surface area contributed by atoms with Gasteiger partial charge >= 0.3 is 30.2 Å². The van der Waals surface area contributed by atoms with Gasteiger partial charge in [-0.25, -0.2) is 0 Å². The van der Waals surface area contributed by atoms with E-state index in [2.05, 4.69) is 98.7 Å². The second-order valence-electron chi connectivity index (χ2n) is 4.81. The summed E-state index contributed by atoms with van der Waals surface area (Å²) in [6, 6.07) is 29.3. The Labute approximate surface area is 188 Å². The van der Waals surface area contributed by atoms with E-state index in [0.29, 0.717) is 0 Å². The van der Waals surface area contributed by atoms with E-state index in [1.165, 1.54) is 44.9 Å². The van der Waals surface area contributed by atoms with Crippen molar-refractivity contribution >= 4 is 53.2 Å². The van der Waals surface area contributed by atoms with Crippen molar-refractivity contribution in [3.63, 3.8) is 0 Å². The number of benzene rings is 2. The first kappa shape index (κ1) is 30.1. The molecule has 0 heterocycles. The van der Waals surface area contributed by atoms with Crippen molar-refractivity contribution in [3.05, 3.63) is 99.3 Å². The number of hydrogen-bond acceptors (Lipinski definition) is 0. The number of rotatable bonds is 0. The van der Waals surface area contributed by atoms with Crippen LogP contribution >= 0.6 is 24.8 Å². The topological polar surface area (TPSA) is 0 Å². The molecule has 4 rings (SSSR count). The molecule has 0 amide bonds. The Morgan fingerprint density at radius 1 is 0.769 bits per heavy atom. The van der Waals surface area contributed by atoms with Crippen LogP contribution in [0.4, 0.5) is 0 Å². The quantitative estimate of drug-likeness (QED) is 0.184. The van der Waals surface area contributed by atoms with Gasteiger partial charge < -0.3 is 14.4 Å². The fourth-order valence-corrected chi connectivity index (χ4v) is 2.14. The molecule has 0 saturated heterocycles. The number of halogens is 2. The summed E-state index contributed by atoms with van der Waals surface area (Å²) in [4.78, 5) is 0. The Morgan fingerprint density at radius 2 is 1.08 bits per heavy atom. The first-order valence-corrected chi connectivity index (χ1v) is 11.8. The van der Waals surface area contributed by atoms with Gasteiger partial charge in [-0.3, -0.25) is 0 Å². The monoisotopic (exact) mass is 478 g/mol. The maximum absolute atomic E-state index is 3.49. The fraction of sp³-hybridized carbons (Fsp3) is 0.0909. The van der Waals surface area contributed by atoms with Gasteiger partial charge in [0.1, 0.15) is 0 Å². The van der Waals surface area contributed by atoms with E-state index in [1.807, 2.05) is 6.92 Å². The standard InChI is InChI=1S/2C9H7.C3H7.CH3.2ClH.Si.Zr/c2*1-2-5-9-7-3-6-8(9)4-1;1-3-2;;;;;/h2*1-7H;1,3H2,2H3;1H3;2*1H;;/q4*-1;;;;. The molecule has 26 heavy (non-hydrogen) atoms. The molecule has 0 unspecified atom stereocenters. The van der Waals surface area contributed by atoms with Crippen molar-refractivity contribution in [2.45, 2.75) is 13.3 Å². The predicted molar refractivity (Wildman–Crippen MR) is 121 cm³/mol. The Balaban J connectivity index is -0.000000300. The summed E-state index contributed by atoms with van der Waals surface area (Å²) in [5, 5.41) is 5.32. The molecule has 0 nitrogen and oxygen atoms in total. The first-order valence-electron chi connectivity index (χ1n) is 7.60. The van der Waals surface area contributed by atoms with Crippen LogP contribution in [-0.4, -0.2) is 6.88 Å². The Kier molecular flexibility index (Phi) is 22.1. The van der Waals surface area contributed by atoms with Crippen molar-refractivity contribution < 1.29 is 23.3 Å². The van der Waals surface area contributed by atoms with Gasteiger partial charge in [-0.1, -0.05) is 19.1 Å². The van der Waals surface area contributed by atoms with E-state index in [1.54, 1.807) is 0 Å². The Morgan fingerprint density at radius 3 is 1.38 bits per heavy atom. The molecular formula is C22H26Cl2SiZr-4. The van der Waals surface area contributed by atoms with Crippen molar-refractivity contribution in [1.29, 1.82) is 0 Å². The fourth-order valence-electron chi connectivity index (χ4n) is 2.14. The molecule has 0 fully saturated rings. The van der Waals surface area contributed by atoms with Gasteiger partial charge in [-0.2, -0.15) is 41.5 Å². The minimum absolute atomic E-state index is 0. The van der Waals surface area contributed by atoms with Gasteiger partial charge in [0.15, 0.2) is 0 Å². The molecule has 0 atom stereocenters. The largest absolute Gasteiger partial charge is 0.168 e. The molecule has 0 bridgehead atoms. The molecule has 0 aliphatic rings. The van der Waals surface area contributed by atoms with E-state index >= 15 is 0 Å². The molecule has 0 aliphatic heterocycles. The van der Waals surface area contributed by atoms with Crippen LogP contribution in [0.2, 0.25) is 0 Å². The van der Waals surface area contributed by atoms with Crippen LogP contribution < -0.4 is 0 Å². The average Bonchev–Trinajstić information content (AvgIpc) is 3.27. The number of fused-ring (bicyclic) bond motifs is 2. The molecule has 0 spiro atoms. The van der Waals surface area contributed by atoms with Crippen molar-refractivity contribution in [2.24, 2.45) is 0 Å². The van der Waals surface area contributed by atoms with Gasteiger partial charge in [0.25, 0.3) is 0 Å². The summed E-state index contributed by atoms with van der Waals surface area (Å²) in [6.45, 7) is 8.56. The van der Waals surface area contributed by atoms with Crippen LogP contribution in [0.5, 0.6) is 0 Å². The maximum atomic E-state index is 3.49. The normalized spacial score (nSPS) is 7.88. The third-order valence-corrected chi connectivity index (χ3v) is 3.10. The average molecular weight is 481 g/mol. The molecule has 4 aromatic carbocycles. The first-order chi connectivity index (χ1) is 11.3. The van der Waals surface area contributed by atoms with E-state index < -0.39 is 0 Å². The van der Waals surface area contributed by atoms with Crippen LogP contribution in [-0.2, 0) is 23.3 Å². The zero-order valence-electron chi connectivity index (χ0n) is 15.3. The third kappa shape index (κ3) is 10.5.